The first-order chi connectivity index (χ1) is 8.00. The largest absolute Gasteiger partial charge is 0.421 e. The van der Waals surface area contributed by atoms with Gasteiger partial charge in [0.15, 0.2) is 0 Å². The van der Waals surface area contributed by atoms with Crippen LogP contribution in [0.5, 0.6) is 0 Å². The highest BCUT2D eigenvalue weighted by Gasteiger charge is 2.38. The van der Waals surface area contributed by atoms with Gasteiger partial charge in [-0.1, -0.05) is 6.07 Å². The second kappa shape index (κ2) is 4.55. The van der Waals surface area contributed by atoms with Gasteiger partial charge in [-0.25, -0.2) is 4.39 Å². The lowest BCUT2D eigenvalue weighted by Gasteiger charge is -2.31. The molecule has 1 aromatic rings. The fourth-order valence-electron chi connectivity index (χ4n) is 2.19. The van der Waals surface area contributed by atoms with Crippen LogP contribution in [0.2, 0.25) is 0 Å². The van der Waals surface area contributed by atoms with E-state index in [1.54, 1.807) is 4.90 Å². The molecule has 1 nitrogen and oxygen atoms in total. The standard InChI is InChI=1S/C12H13F4N/c13-9-5-4-6-10(11(9)12(14,15)16)17-7-2-1-3-8-17/h4-6H,1-3,7-8H2. The van der Waals surface area contributed by atoms with Crippen LogP contribution in [-0.2, 0) is 6.18 Å². The van der Waals surface area contributed by atoms with E-state index in [-0.39, 0.29) is 5.69 Å². The predicted octanol–water partition coefficient (Wildman–Crippen LogP) is 3.83. The zero-order chi connectivity index (χ0) is 12.5. The highest BCUT2D eigenvalue weighted by Crippen LogP contribution is 2.39. The van der Waals surface area contributed by atoms with Crippen LogP contribution in [0.3, 0.4) is 0 Å². The van der Waals surface area contributed by atoms with Crippen LogP contribution in [0, 0.1) is 5.82 Å². The highest BCUT2D eigenvalue weighted by atomic mass is 19.4. The lowest BCUT2D eigenvalue weighted by atomic mass is 10.1. The molecule has 0 unspecified atom stereocenters. The maximum absolute atomic E-state index is 13.4. The summed E-state index contributed by atoms with van der Waals surface area (Å²) in [5, 5.41) is 0. The number of anilines is 1. The summed E-state index contributed by atoms with van der Waals surface area (Å²) < 4.78 is 51.7. The zero-order valence-electron chi connectivity index (χ0n) is 9.23. The van der Waals surface area contributed by atoms with Crippen molar-refractivity contribution in [3.63, 3.8) is 0 Å². The average Bonchev–Trinajstić information content (AvgIpc) is 2.28. The van der Waals surface area contributed by atoms with Crippen molar-refractivity contribution in [2.24, 2.45) is 0 Å². The molecule has 0 aliphatic carbocycles. The van der Waals surface area contributed by atoms with Gasteiger partial charge < -0.3 is 4.90 Å². The Morgan fingerprint density at radius 1 is 1.00 bits per heavy atom. The topological polar surface area (TPSA) is 3.24 Å². The van der Waals surface area contributed by atoms with Gasteiger partial charge >= 0.3 is 6.18 Å². The van der Waals surface area contributed by atoms with Gasteiger partial charge in [0.05, 0.1) is 5.69 Å². The van der Waals surface area contributed by atoms with Crippen molar-refractivity contribution < 1.29 is 17.6 Å². The molecule has 5 heteroatoms. The SMILES string of the molecule is Fc1cccc(N2CCCCC2)c1C(F)(F)F. The smallest absolute Gasteiger partial charge is 0.371 e. The second-order valence-corrected chi connectivity index (χ2v) is 4.18. The van der Waals surface area contributed by atoms with E-state index >= 15 is 0 Å². The van der Waals surface area contributed by atoms with Crippen molar-refractivity contribution in [1.29, 1.82) is 0 Å². The van der Waals surface area contributed by atoms with E-state index in [0.29, 0.717) is 13.1 Å². The molecule has 0 bridgehead atoms. The average molecular weight is 247 g/mol. The number of rotatable bonds is 1. The molecular weight excluding hydrogens is 234 g/mol. The molecule has 0 spiro atoms. The summed E-state index contributed by atoms with van der Waals surface area (Å²) in [6.07, 6.45) is -1.91. The van der Waals surface area contributed by atoms with E-state index in [0.717, 1.165) is 25.3 Å². The summed E-state index contributed by atoms with van der Waals surface area (Å²) in [6, 6.07) is 3.53. The summed E-state index contributed by atoms with van der Waals surface area (Å²) in [5.41, 5.74) is -1.17. The lowest BCUT2D eigenvalue weighted by Crippen LogP contribution is -2.31. The van der Waals surface area contributed by atoms with Gasteiger partial charge in [-0.2, -0.15) is 13.2 Å². The maximum Gasteiger partial charge on any atom is 0.421 e. The van der Waals surface area contributed by atoms with Gasteiger partial charge in [-0.3, -0.25) is 0 Å². The predicted molar refractivity (Wildman–Crippen MR) is 57.5 cm³/mol. The molecule has 0 radical (unpaired) electrons. The van der Waals surface area contributed by atoms with Crippen molar-refractivity contribution in [1.82, 2.24) is 0 Å². The monoisotopic (exact) mass is 247 g/mol. The van der Waals surface area contributed by atoms with Gasteiger partial charge in [-0.05, 0) is 31.4 Å². The van der Waals surface area contributed by atoms with E-state index in [1.807, 2.05) is 0 Å². The van der Waals surface area contributed by atoms with Crippen molar-refractivity contribution in [3.05, 3.63) is 29.6 Å². The van der Waals surface area contributed by atoms with Gasteiger partial charge in [0.1, 0.15) is 11.4 Å². The molecule has 0 aromatic heterocycles. The van der Waals surface area contributed by atoms with Crippen molar-refractivity contribution in [2.45, 2.75) is 25.4 Å². The number of hydrogen-bond donors (Lipinski definition) is 0. The third kappa shape index (κ3) is 2.53. The molecule has 0 atom stereocenters. The van der Waals surface area contributed by atoms with Crippen molar-refractivity contribution in [2.75, 3.05) is 18.0 Å². The molecule has 94 valence electrons. The fraction of sp³-hybridized carbons (Fsp3) is 0.500. The molecule has 1 saturated heterocycles. The van der Waals surface area contributed by atoms with E-state index in [4.69, 9.17) is 0 Å². The van der Waals surface area contributed by atoms with Gasteiger partial charge in [0, 0.05) is 13.1 Å². The third-order valence-corrected chi connectivity index (χ3v) is 2.97. The molecule has 1 aromatic carbocycles. The Morgan fingerprint density at radius 3 is 2.24 bits per heavy atom. The Labute approximate surface area is 97.0 Å². The maximum atomic E-state index is 13.4. The van der Waals surface area contributed by atoms with E-state index in [2.05, 4.69) is 0 Å². The van der Waals surface area contributed by atoms with Gasteiger partial charge in [0.25, 0.3) is 0 Å². The molecular formula is C12H13F4N. The van der Waals surface area contributed by atoms with Crippen LogP contribution in [0.25, 0.3) is 0 Å². The number of alkyl halides is 3. The minimum absolute atomic E-state index is 0.0304. The fourth-order valence-corrected chi connectivity index (χ4v) is 2.19. The van der Waals surface area contributed by atoms with Crippen LogP contribution in [0.15, 0.2) is 18.2 Å². The highest BCUT2D eigenvalue weighted by molar-refractivity contribution is 5.55. The van der Waals surface area contributed by atoms with Gasteiger partial charge in [0.2, 0.25) is 0 Å². The Kier molecular flexibility index (Phi) is 3.26. The molecule has 0 N–H and O–H groups in total. The first kappa shape index (κ1) is 12.2. The minimum Gasteiger partial charge on any atom is -0.371 e. The number of halogens is 4. The zero-order valence-corrected chi connectivity index (χ0v) is 9.23. The van der Waals surface area contributed by atoms with Crippen molar-refractivity contribution in [3.8, 4) is 0 Å². The van der Waals surface area contributed by atoms with Crippen molar-refractivity contribution >= 4 is 5.69 Å². The quantitative estimate of drug-likeness (QED) is 0.681. The molecule has 1 aliphatic rings. The Balaban J connectivity index is 2.42. The summed E-state index contributed by atoms with van der Waals surface area (Å²) in [7, 11) is 0. The Bertz CT molecular complexity index is 394. The Morgan fingerprint density at radius 2 is 1.65 bits per heavy atom. The summed E-state index contributed by atoms with van der Waals surface area (Å²) in [5.74, 6) is -1.19. The minimum atomic E-state index is -4.64. The first-order valence-corrected chi connectivity index (χ1v) is 5.61. The molecule has 0 amide bonds. The lowest BCUT2D eigenvalue weighted by molar-refractivity contribution is -0.139. The molecule has 2 rings (SSSR count). The molecule has 0 saturated carbocycles. The van der Waals surface area contributed by atoms with E-state index in [1.165, 1.54) is 12.1 Å². The normalized spacial score (nSPS) is 17.3. The second-order valence-electron chi connectivity index (χ2n) is 4.18. The molecule has 1 fully saturated rings. The van der Waals surface area contributed by atoms with E-state index in [9.17, 15) is 17.6 Å². The number of piperidine rings is 1. The molecule has 1 aliphatic heterocycles. The summed E-state index contributed by atoms with van der Waals surface area (Å²) in [6.45, 7) is 1.12. The first-order valence-electron chi connectivity index (χ1n) is 5.61. The van der Waals surface area contributed by atoms with Crippen LogP contribution in [0.4, 0.5) is 23.2 Å². The number of hydrogen-bond acceptors (Lipinski definition) is 1. The third-order valence-electron chi connectivity index (χ3n) is 2.97. The molecule has 1 heterocycles. The summed E-state index contributed by atoms with van der Waals surface area (Å²) >= 11 is 0. The van der Waals surface area contributed by atoms with Crippen LogP contribution in [-0.4, -0.2) is 13.1 Å². The number of benzene rings is 1. The van der Waals surface area contributed by atoms with Crippen LogP contribution >= 0.6 is 0 Å². The number of nitrogens with zero attached hydrogens (tertiary/aromatic N) is 1. The van der Waals surface area contributed by atoms with Gasteiger partial charge in [-0.15, -0.1) is 0 Å². The van der Waals surface area contributed by atoms with Crippen LogP contribution < -0.4 is 4.90 Å². The molecule has 17 heavy (non-hydrogen) atoms. The Hall–Kier alpha value is -1.26. The van der Waals surface area contributed by atoms with Crippen LogP contribution in [0.1, 0.15) is 24.8 Å². The summed E-state index contributed by atoms with van der Waals surface area (Å²) in [4.78, 5) is 1.62. The van der Waals surface area contributed by atoms with E-state index < -0.39 is 17.6 Å².